The quantitative estimate of drug-likeness (QED) is 0.743. The van der Waals surface area contributed by atoms with E-state index in [2.05, 4.69) is 5.32 Å². The predicted octanol–water partition coefficient (Wildman–Crippen LogP) is -0.0334. The molecule has 104 valence electrons. The number of nitrogens with zero attached hydrogens (tertiary/aromatic N) is 1. The highest BCUT2D eigenvalue weighted by atomic mass is 32.2. The van der Waals surface area contributed by atoms with Crippen LogP contribution >= 0.6 is 11.8 Å². The Labute approximate surface area is 113 Å². The fourth-order valence-corrected chi connectivity index (χ4v) is 3.15. The Morgan fingerprint density at radius 1 is 1.56 bits per heavy atom. The van der Waals surface area contributed by atoms with Gasteiger partial charge in [-0.2, -0.15) is 11.8 Å². The van der Waals surface area contributed by atoms with E-state index in [9.17, 15) is 13.8 Å². The van der Waals surface area contributed by atoms with Crippen molar-refractivity contribution >= 4 is 34.6 Å². The third-order valence-corrected chi connectivity index (χ3v) is 4.44. The Morgan fingerprint density at radius 3 is 2.89 bits per heavy atom. The zero-order valence-electron chi connectivity index (χ0n) is 10.3. The van der Waals surface area contributed by atoms with Crippen molar-refractivity contribution in [3.8, 4) is 0 Å². The van der Waals surface area contributed by atoms with E-state index in [4.69, 9.17) is 5.11 Å². The van der Waals surface area contributed by atoms with Gasteiger partial charge in [-0.15, -0.1) is 0 Å². The molecule has 1 fully saturated rings. The summed E-state index contributed by atoms with van der Waals surface area (Å²) in [4.78, 5) is 24.2. The van der Waals surface area contributed by atoms with Crippen LogP contribution < -0.4 is 5.32 Å². The third kappa shape index (κ3) is 5.26. The molecule has 1 aliphatic rings. The number of carboxylic acids is 1. The number of hydrogen-bond donors (Lipinski definition) is 2. The maximum atomic E-state index is 11.9. The second-order valence-corrected chi connectivity index (χ2v) is 6.73. The standard InChI is InChI=1S/C10H18N2O4S2/c1-18(16)5-2-11-10(15)12-3-4-17-7-8(12)6-9(13)14/h8H,2-7H2,1H3,(H,11,15)(H,13,14). The van der Waals surface area contributed by atoms with Crippen molar-refractivity contribution in [1.82, 2.24) is 10.2 Å². The highest BCUT2D eigenvalue weighted by molar-refractivity contribution is 7.99. The summed E-state index contributed by atoms with van der Waals surface area (Å²) in [6.07, 6.45) is 1.55. The van der Waals surface area contributed by atoms with E-state index in [-0.39, 0.29) is 18.5 Å². The topological polar surface area (TPSA) is 86.7 Å². The molecule has 1 aliphatic heterocycles. The van der Waals surface area contributed by atoms with Crippen LogP contribution in [-0.4, -0.2) is 68.9 Å². The van der Waals surface area contributed by atoms with E-state index in [1.807, 2.05) is 0 Å². The monoisotopic (exact) mass is 294 g/mol. The van der Waals surface area contributed by atoms with Crippen LogP contribution in [0, 0.1) is 0 Å². The van der Waals surface area contributed by atoms with E-state index in [0.717, 1.165) is 5.75 Å². The lowest BCUT2D eigenvalue weighted by molar-refractivity contribution is -0.137. The first kappa shape index (κ1) is 15.3. The number of rotatable bonds is 5. The predicted molar refractivity (Wildman–Crippen MR) is 72.4 cm³/mol. The van der Waals surface area contributed by atoms with Crippen LogP contribution in [0.2, 0.25) is 0 Å². The molecule has 1 heterocycles. The van der Waals surface area contributed by atoms with Gasteiger partial charge in [-0.3, -0.25) is 9.00 Å². The van der Waals surface area contributed by atoms with Crippen LogP contribution in [0.25, 0.3) is 0 Å². The van der Waals surface area contributed by atoms with Gasteiger partial charge in [0.05, 0.1) is 12.5 Å². The lowest BCUT2D eigenvalue weighted by Crippen LogP contribution is -2.51. The van der Waals surface area contributed by atoms with Crippen LogP contribution in [0.3, 0.4) is 0 Å². The third-order valence-electron chi connectivity index (χ3n) is 2.56. The van der Waals surface area contributed by atoms with Gasteiger partial charge in [0.15, 0.2) is 0 Å². The van der Waals surface area contributed by atoms with Crippen LogP contribution in [0.4, 0.5) is 4.79 Å². The lowest BCUT2D eigenvalue weighted by atomic mass is 10.2. The van der Waals surface area contributed by atoms with Crippen LogP contribution in [0.15, 0.2) is 0 Å². The van der Waals surface area contributed by atoms with E-state index >= 15 is 0 Å². The number of nitrogens with one attached hydrogen (secondary N) is 1. The Bertz CT molecular complexity index is 338. The van der Waals surface area contributed by atoms with Crippen molar-refractivity contribution in [3.63, 3.8) is 0 Å². The number of aliphatic carboxylic acids is 1. The number of carbonyl (C=O) groups excluding carboxylic acids is 1. The largest absolute Gasteiger partial charge is 0.481 e. The first-order valence-electron chi connectivity index (χ1n) is 5.64. The van der Waals surface area contributed by atoms with Gasteiger partial charge >= 0.3 is 12.0 Å². The molecule has 2 amide bonds. The van der Waals surface area contributed by atoms with E-state index in [0.29, 0.717) is 24.6 Å². The van der Waals surface area contributed by atoms with Gasteiger partial charge in [-0.05, 0) is 0 Å². The molecular formula is C10H18N2O4S2. The Kier molecular flexibility index (Phi) is 6.48. The minimum Gasteiger partial charge on any atom is -0.481 e. The number of thioether (sulfide) groups is 1. The van der Waals surface area contributed by atoms with Crippen LogP contribution in [0.5, 0.6) is 0 Å². The molecule has 0 aliphatic carbocycles. The van der Waals surface area contributed by atoms with Crippen molar-refractivity contribution in [2.24, 2.45) is 0 Å². The molecule has 8 heteroatoms. The SMILES string of the molecule is CS(=O)CCNC(=O)N1CCSCC1CC(=O)O. The summed E-state index contributed by atoms with van der Waals surface area (Å²) in [6.45, 7) is 0.912. The van der Waals surface area contributed by atoms with Gasteiger partial charge in [0.1, 0.15) is 0 Å². The maximum absolute atomic E-state index is 11.9. The van der Waals surface area contributed by atoms with Crippen molar-refractivity contribution in [3.05, 3.63) is 0 Å². The van der Waals surface area contributed by atoms with E-state index < -0.39 is 16.8 Å². The van der Waals surface area contributed by atoms with Gasteiger partial charge in [0.2, 0.25) is 0 Å². The Morgan fingerprint density at radius 2 is 2.28 bits per heavy atom. The Balaban J connectivity index is 2.46. The number of hydrogen-bond acceptors (Lipinski definition) is 4. The average molecular weight is 294 g/mol. The van der Waals surface area contributed by atoms with E-state index in [1.54, 1.807) is 22.9 Å². The summed E-state index contributed by atoms with van der Waals surface area (Å²) < 4.78 is 10.9. The summed E-state index contributed by atoms with van der Waals surface area (Å²) >= 11 is 1.66. The molecule has 2 atom stereocenters. The van der Waals surface area contributed by atoms with Crippen molar-refractivity contribution < 1.29 is 18.9 Å². The van der Waals surface area contributed by atoms with Crippen LogP contribution in [0.1, 0.15) is 6.42 Å². The number of urea groups is 1. The summed E-state index contributed by atoms with van der Waals surface area (Å²) in [5.74, 6) is 0.996. The van der Waals surface area contributed by atoms with Gasteiger partial charge in [-0.25, -0.2) is 4.79 Å². The fourth-order valence-electron chi connectivity index (χ4n) is 1.70. The lowest BCUT2D eigenvalue weighted by Gasteiger charge is -2.34. The molecule has 2 N–H and O–H groups in total. The van der Waals surface area contributed by atoms with Crippen LogP contribution in [-0.2, 0) is 15.6 Å². The minimum absolute atomic E-state index is 0.0277. The molecule has 0 saturated carbocycles. The zero-order chi connectivity index (χ0) is 13.5. The summed E-state index contributed by atoms with van der Waals surface area (Å²) in [5, 5.41) is 11.5. The maximum Gasteiger partial charge on any atom is 0.317 e. The molecule has 6 nitrogen and oxygen atoms in total. The minimum atomic E-state index is -0.936. The van der Waals surface area contributed by atoms with Gasteiger partial charge in [0.25, 0.3) is 0 Å². The average Bonchev–Trinajstić information content (AvgIpc) is 2.28. The van der Waals surface area contributed by atoms with Crippen molar-refractivity contribution in [1.29, 1.82) is 0 Å². The molecule has 1 saturated heterocycles. The molecule has 0 aromatic carbocycles. The number of carbonyl (C=O) groups is 2. The molecule has 0 radical (unpaired) electrons. The van der Waals surface area contributed by atoms with E-state index in [1.165, 1.54) is 0 Å². The molecule has 1 rings (SSSR count). The highest BCUT2D eigenvalue weighted by Crippen LogP contribution is 2.18. The smallest absolute Gasteiger partial charge is 0.317 e. The fraction of sp³-hybridized carbons (Fsp3) is 0.800. The number of carboxylic acid groups (broad SMARTS) is 1. The van der Waals surface area contributed by atoms with Gasteiger partial charge < -0.3 is 15.3 Å². The molecule has 0 bridgehead atoms. The molecule has 0 aromatic rings. The Hall–Kier alpha value is -0.760. The first-order chi connectivity index (χ1) is 8.50. The van der Waals surface area contributed by atoms with Gasteiger partial charge in [-0.1, -0.05) is 0 Å². The molecule has 0 aromatic heterocycles. The molecule has 0 spiro atoms. The molecular weight excluding hydrogens is 276 g/mol. The second kappa shape index (κ2) is 7.63. The molecule has 18 heavy (non-hydrogen) atoms. The zero-order valence-corrected chi connectivity index (χ0v) is 11.9. The second-order valence-electron chi connectivity index (χ2n) is 4.03. The highest BCUT2D eigenvalue weighted by Gasteiger charge is 2.28. The summed E-state index contributed by atoms with van der Waals surface area (Å²) in [5.41, 5.74) is 0. The summed E-state index contributed by atoms with van der Waals surface area (Å²) in [6, 6.07) is -0.514. The molecule has 2 unspecified atom stereocenters. The number of amides is 2. The first-order valence-corrected chi connectivity index (χ1v) is 8.53. The van der Waals surface area contributed by atoms with Crippen molar-refractivity contribution in [2.75, 3.05) is 36.6 Å². The summed E-state index contributed by atoms with van der Waals surface area (Å²) in [7, 11) is -0.936. The normalized spacial score (nSPS) is 21.4. The van der Waals surface area contributed by atoms with Crippen molar-refractivity contribution in [2.45, 2.75) is 12.5 Å². The van der Waals surface area contributed by atoms with Gasteiger partial charge in [0, 0.05) is 47.4 Å².